The van der Waals surface area contributed by atoms with Crippen molar-refractivity contribution in [3.05, 3.63) is 28.9 Å². The summed E-state index contributed by atoms with van der Waals surface area (Å²) in [5, 5.41) is 7.26. The number of hydrogen-bond donors (Lipinski definition) is 3. The van der Waals surface area contributed by atoms with Crippen molar-refractivity contribution in [2.45, 2.75) is 33.4 Å². The number of hydrazine groups is 1. The number of rotatable bonds is 6. The van der Waals surface area contributed by atoms with Crippen LogP contribution >= 0.6 is 0 Å². The van der Waals surface area contributed by atoms with Crippen LogP contribution in [0.5, 0.6) is 0 Å². The lowest BCUT2D eigenvalue weighted by Crippen LogP contribution is -2.14. The summed E-state index contributed by atoms with van der Waals surface area (Å²) in [4.78, 5) is 8.59. The monoisotopic (exact) mass is 292 g/mol. The number of nitrogens with one attached hydrogen (secondary N) is 2. The number of methoxy groups -OCH3 is 1. The largest absolute Gasteiger partial charge is 0.377 e. The Bertz CT molecular complexity index is 593. The number of anilines is 2. The van der Waals surface area contributed by atoms with Gasteiger partial charge in [0.05, 0.1) is 11.7 Å². The van der Waals surface area contributed by atoms with E-state index in [-0.39, 0.29) is 6.04 Å². The van der Waals surface area contributed by atoms with Crippen molar-refractivity contribution in [3.63, 3.8) is 0 Å². The fourth-order valence-corrected chi connectivity index (χ4v) is 2.24. The molecule has 0 saturated carbocycles. The summed E-state index contributed by atoms with van der Waals surface area (Å²) < 4.78 is 10.2. The maximum atomic E-state index is 5.42. The highest BCUT2D eigenvalue weighted by atomic mass is 16.5. The van der Waals surface area contributed by atoms with Gasteiger partial charge in [0.25, 0.3) is 0 Å². The van der Waals surface area contributed by atoms with Gasteiger partial charge >= 0.3 is 0 Å². The number of aromatic nitrogens is 3. The van der Waals surface area contributed by atoms with Crippen LogP contribution in [-0.2, 0) is 11.3 Å². The lowest BCUT2D eigenvalue weighted by atomic mass is 10.1. The van der Waals surface area contributed by atoms with Gasteiger partial charge in [0.15, 0.2) is 5.82 Å². The van der Waals surface area contributed by atoms with Crippen LogP contribution in [0.15, 0.2) is 10.6 Å². The van der Waals surface area contributed by atoms with E-state index in [1.54, 1.807) is 13.2 Å². The molecule has 0 aliphatic carbocycles. The van der Waals surface area contributed by atoms with Gasteiger partial charge < -0.3 is 20.0 Å². The Hall–Kier alpha value is -2.19. The zero-order valence-electron chi connectivity index (χ0n) is 12.6. The number of hydrogen-bond acceptors (Lipinski definition) is 8. The molecule has 21 heavy (non-hydrogen) atoms. The zero-order chi connectivity index (χ0) is 15.4. The minimum absolute atomic E-state index is 0.00725. The van der Waals surface area contributed by atoms with E-state index < -0.39 is 0 Å². The molecule has 0 aliphatic heterocycles. The molecule has 0 amide bonds. The van der Waals surface area contributed by atoms with Gasteiger partial charge in [-0.25, -0.2) is 15.8 Å². The molecule has 8 heteroatoms. The van der Waals surface area contributed by atoms with E-state index in [1.165, 1.54) is 0 Å². The van der Waals surface area contributed by atoms with Crippen LogP contribution in [-0.4, -0.2) is 22.2 Å². The highest BCUT2D eigenvalue weighted by Gasteiger charge is 2.17. The first-order valence-electron chi connectivity index (χ1n) is 6.58. The van der Waals surface area contributed by atoms with Crippen molar-refractivity contribution in [3.8, 4) is 0 Å². The molecule has 2 rings (SSSR count). The molecule has 0 fully saturated rings. The van der Waals surface area contributed by atoms with Gasteiger partial charge in [0.1, 0.15) is 24.0 Å². The second-order valence-electron chi connectivity index (χ2n) is 4.74. The van der Waals surface area contributed by atoms with Crippen molar-refractivity contribution in [1.82, 2.24) is 15.1 Å². The zero-order valence-corrected chi connectivity index (χ0v) is 12.6. The number of aryl methyl sites for hydroxylation is 2. The molecule has 4 N–H and O–H groups in total. The summed E-state index contributed by atoms with van der Waals surface area (Å²) in [6.45, 7) is 6.12. The van der Waals surface area contributed by atoms with Crippen LogP contribution in [0.25, 0.3) is 0 Å². The first-order chi connectivity index (χ1) is 10.0. The summed E-state index contributed by atoms with van der Waals surface area (Å²) in [5.74, 6) is 7.92. The molecule has 114 valence electrons. The highest BCUT2D eigenvalue weighted by Crippen LogP contribution is 2.24. The SMILES string of the molecule is COCc1nc(NN)cc(NC(C)c2c(C)noc2C)n1. The number of ether oxygens (including phenoxy) is 1. The number of nitrogens with zero attached hydrogens (tertiary/aromatic N) is 3. The van der Waals surface area contributed by atoms with Crippen molar-refractivity contribution in [2.75, 3.05) is 17.9 Å². The first-order valence-corrected chi connectivity index (χ1v) is 6.58. The van der Waals surface area contributed by atoms with Crippen molar-refractivity contribution < 1.29 is 9.26 Å². The summed E-state index contributed by atoms with van der Waals surface area (Å²) >= 11 is 0. The van der Waals surface area contributed by atoms with Crippen molar-refractivity contribution in [1.29, 1.82) is 0 Å². The molecule has 1 atom stereocenters. The molecule has 0 aromatic carbocycles. The standard InChI is InChI=1S/C13H20N6O2/c1-7(13-8(2)19-21-9(13)3)15-10-5-11(18-14)17-12(16-10)6-20-4/h5,7H,6,14H2,1-4H3,(H2,15,16,17,18). The van der Waals surface area contributed by atoms with E-state index >= 15 is 0 Å². The van der Waals surface area contributed by atoms with Gasteiger partial charge in [-0.05, 0) is 20.8 Å². The van der Waals surface area contributed by atoms with Gasteiger partial charge in [-0.1, -0.05) is 5.16 Å². The molecule has 2 heterocycles. The van der Waals surface area contributed by atoms with E-state index in [1.807, 2.05) is 20.8 Å². The fraction of sp³-hybridized carbons (Fsp3) is 0.462. The van der Waals surface area contributed by atoms with Gasteiger partial charge in [-0.3, -0.25) is 0 Å². The summed E-state index contributed by atoms with van der Waals surface area (Å²) in [6, 6.07) is 1.72. The first kappa shape index (κ1) is 15.2. The Balaban J connectivity index is 2.24. The Morgan fingerprint density at radius 2 is 2.05 bits per heavy atom. The molecule has 0 saturated heterocycles. The molecule has 2 aromatic heterocycles. The number of nitrogen functional groups attached to an aromatic ring is 1. The van der Waals surface area contributed by atoms with Gasteiger partial charge in [0, 0.05) is 18.7 Å². The fourth-order valence-electron chi connectivity index (χ4n) is 2.24. The van der Waals surface area contributed by atoms with Crippen LogP contribution in [0.2, 0.25) is 0 Å². The van der Waals surface area contributed by atoms with E-state index in [4.69, 9.17) is 15.1 Å². The maximum absolute atomic E-state index is 5.42. The third-order valence-electron chi connectivity index (χ3n) is 3.08. The van der Waals surface area contributed by atoms with Crippen LogP contribution in [0.1, 0.15) is 35.8 Å². The second-order valence-corrected chi connectivity index (χ2v) is 4.74. The summed E-state index contributed by atoms with van der Waals surface area (Å²) in [6.07, 6.45) is 0. The lowest BCUT2D eigenvalue weighted by molar-refractivity contribution is 0.178. The minimum Gasteiger partial charge on any atom is -0.377 e. The Kier molecular flexibility index (Phi) is 4.71. The minimum atomic E-state index is -0.00725. The maximum Gasteiger partial charge on any atom is 0.158 e. The topological polar surface area (TPSA) is 111 Å². The molecular weight excluding hydrogens is 272 g/mol. The van der Waals surface area contributed by atoms with E-state index in [9.17, 15) is 0 Å². The van der Waals surface area contributed by atoms with Gasteiger partial charge in [0.2, 0.25) is 0 Å². The molecule has 8 nitrogen and oxygen atoms in total. The molecule has 2 aromatic rings. The molecule has 0 aliphatic rings. The van der Waals surface area contributed by atoms with E-state index in [0.29, 0.717) is 24.1 Å². The quantitative estimate of drug-likeness (QED) is 0.545. The van der Waals surface area contributed by atoms with Gasteiger partial charge in [-0.15, -0.1) is 0 Å². The molecule has 0 spiro atoms. The van der Waals surface area contributed by atoms with Crippen LogP contribution in [0, 0.1) is 13.8 Å². The summed E-state index contributed by atoms with van der Waals surface area (Å²) in [5.41, 5.74) is 4.39. The lowest BCUT2D eigenvalue weighted by Gasteiger charge is -2.15. The molecule has 1 unspecified atom stereocenters. The van der Waals surface area contributed by atoms with Gasteiger partial charge in [-0.2, -0.15) is 0 Å². The molecule has 0 radical (unpaired) electrons. The van der Waals surface area contributed by atoms with Crippen LogP contribution < -0.4 is 16.6 Å². The number of nitrogens with two attached hydrogens (primary N) is 1. The van der Waals surface area contributed by atoms with Crippen molar-refractivity contribution >= 4 is 11.6 Å². The highest BCUT2D eigenvalue weighted by molar-refractivity contribution is 5.48. The Morgan fingerprint density at radius 3 is 2.62 bits per heavy atom. The van der Waals surface area contributed by atoms with E-state index in [0.717, 1.165) is 17.0 Å². The third kappa shape index (κ3) is 3.47. The van der Waals surface area contributed by atoms with Crippen LogP contribution in [0.4, 0.5) is 11.6 Å². The average Bonchev–Trinajstić information content (AvgIpc) is 2.78. The predicted molar refractivity (Wildman–Crippen MR) is 78.6 cm³/mol. The summed E-state index contributed by atoms with van der Waals surface area (Å²) in [7, 11) is 1.59. The third-order valence-corrected chi connectivity index (χ3v) is 3.08. The predicted octanol–water partition coefficient (Wildman–Crippen LogP) is 1.69. The average molecular weight is 292 g/mol. The van der Waals surface area contributed by atoms with Crippen LogP contribution in [0.3, 0.4) is 0 Å². The molecule has 0 bridgehead atoms. The smallest absolute Gasteiger partial charge is 0.158 e. The Labute approximate surface area is 123 Å². The second kappa shape index (κ2) is 6.51. The van der Waals surface area contributed by atoms with Crippen molar-refractivity contribution in [2.24, 2.45) is 5.84 Å². The normalized spacial score (nSPS) is 12.2. The molecular formula is C13H20N6O2. The van der Waals surface area contributed by atoms with E-state index in [2.05, 4.69) is 25.9 Å². The Morgan fingerprint density at radius 1 is 1.33 bits per heavy atom.